The minimum absolute atomic E-state index is 0.326. The molecule has 0 spiro atoms. The van der Waals surface area contributed by atoms with E-state index >= 15 is 0 Å². The van der Waals surface area contributed by atoms with Crippen molar-refractivity contribution in [2.24, 2.45) is 0 Å². The van der Waals surface area contributed by atoms with Gasteiger partial charge in [-0.05, 0) is 49.8 Å². The molecular formula is C31H32N6O2. The second-order valence-electron chi connectivity index (χ2n) is 9.69. The number of rotatable bonds is 10. The van der Waals surface area contributed by atoms with Gasteiger partial charge in [-0.3, -0.25) is 9.97 Å². The molecule has 3 aromatic heterocycles. The van der Waals surface area contributed by atoms with E-state index in [0.717, 1.165) is 63.3 Å². The van der Waals surface area contributed by atoms with E-state index in [1.165, 1.54) is 0 Å². The minimum Gasteiger partial charge on any atom is -0.461 e. The van der Waals surface area contributed by atoms with Crippen LogP contribution in [0.5, 0.6) is 0 Å². The van der Waals surface area contributed by atoms with Crippen molar-refractivity contribution in [3.63, 3.8) is 0 Å². The minimum atomic E-state index is -0.376. The highest BCUT2D eigenvalue weighted by Crippen LogP contribution is 2.29. The molecule has 0 aliphatic carbocycles. The monoisotopic (exact) mass is 520 g/mol. The third kappa shape index (κ3) is 6.37. The summed E-state index contributed by atoms with van der Waals surface area (Å²) in [5.41, 5.74) is 7.79. The molecule has 5 rings (SSSR count). The molecule has 0 saturated carbocycles. The normalized spacial score (nSPS) is 14.1. The molecule has 0 amide bonds. The Labute approximate surface area is 228 Å². The van der Waals surface area contributed by atoms with Crippen LogP contribution in [0.3, 0.4) is 0 Å². The van der Waals surface area contributed by atoms with Gasteiger partial charge in [-0.2, -0.15) is 0 Å². The van der Waals surface area contributed by atoms with Gasteiger partial charge in [-0.1, -0.05) is 36.4 Å². The summed E-state index contributed by atoms with van der Waals surface area (Å²) in [5, 5.41) is 7.50. The van der Waals surface area contributed by atoms with Crippen LogP contribution < -0.4 is 10.6 Å². The van der Waals surface area contributed by atoms with Crippen molar-refractivity contribution in [1.82, 2.24) is 30.6 Å². The molecular weight excluding hydrogens is 488 g/mol. The van der Waals surface area contributed by atoms with Crippen LogP contribution in [0.15, 0.2) is 85.5 Å². The zero-order chi connectivity index (χ0) is 27.2. The van der Waals surface area contributed by atoms with Crippen molar-refractivity contribution in [1.29, 1.82) is 0 Å². The quantitative estimate of drug-likeness (QED) is 0.155. The van der Waals surface area contributed by atoms with Crippen molar-refractivity contribution in [3.8, 4) is 22.5 Å². The van der Waals surface area contributed by atoms with Crippen molar-refractivity contribution in [2.75, 3.05) is 26.2 Å². The largest absolute Gasteiger partial charge is 0.461 e. The summed E-state index contributed by atoms with van der Waals surface area (Å²) in [6.07, 6.45) is 11.0. The highest BCUT2D eigenvalue weighted by Gasteiger charge is 2.16. The summed E-state index contributed by atoms with van der Waals surface area (Å²) in [6, 6.07) is 12.2. The molecule has 198 valence electrons. The summed E-state index contributed by atoms with van der Waals surface area (Å²) in [4.78, 5) is 29.3. The Morgan fingerprint density at radius 1 is 1.10 bits per heavy atom. The summed E-state index contributed by atoms with van der Waals surface area (Å²) in [7, 11) is 0. The first-order chi connectivity index (χ1) is 19.0. The van der Waals surface area contributed by atoms with Crippen molar-refractivity contribution in [2.45, 2.75) is 19.9 Å². The zero-order valence-electron chi connectivity index (χ0n) is 22.2. The van der Waals surface area contributed by atoms with Gasteiger partial charge in [0.05, 0.1) is 34.5 Å². The number of benzene rings is 1. The van der Waals surface area contributed by atoms with Crippen LogP contribution in [0.2, 0.25) is 0 Å². The lowest BCUT2D eigenvalue weighted by Crippen LogP contribution is -2.55. The van der Waals surface area contributed by atoms with Crippen LogP contribution in [0.1, 0.15) is 29.9 Å². The van der Waals surface area contributed by atoms with E-state index in [-0.39, 0.29) is 5.97 Å². The summed E-state index contributed by atoms with van der Waals surface area (Å²) < 4.78 is 5.36. The number of pyridine rings is 2. The number of carbonyl (C=O) groups excluding carboxylic acids is 1. The molecule has 4 aromatic rings. The molecule has 8 heteroatoms. The van der Waals surface area contributed by atoms with Crippen LogP contribution in [0.4, 0.5) is 0 Å². The van der Waals surface area contributed by atoms with E-state index in [1.54, 1.807) is 24.8 Å². The molecule has 4 heterocycles. The third-order valence-electron chi connectivity index (χ3n) is 6.55. The van der Waals surface area contributed by atoms with Gasteiger partial charge in [-0.15, -0.1) is 0 Å². The number of fused-ring (bicyclic) bond motifs is 1. The van der Waals surface area contributed by atoms with E-state index in [2.05, 4.69) is 49.3 Å². The maximum Gasteiger partial charge on any atom is 0.339 e. The summed E-state index contributed by atoms with van der Waals surface area (Å²) >= 11 is 0. The number of allylic oxidation sites excluding steroid dienone is 5. The maximum atomic E-state index is 12.4. The van der Waals surface area contributed by atoms with Gasteiger partial charge >= 0.3 is 5.97 Å². The Morgan fingerprint density at radius 3 is 2.69 bits per heavy atom. The topological polar surface area (TPSA) is 105 Å². The molecule has 39 heavy (non-hydrogen) atoms. The number of nitrogens with one attached hydrogen (secondary N) is 3. The lowest BCUT2D eigenvalue weighted by molar-refractivity contribution is 0.0503. The van der Waals surface area contributed by atoms with Crippen LogP contribution in [-0.2, 0) is 4.74 Å². The fourth-order valence-electron chi connectivity index (χ4n) is 4.28. The first kappa shape index (κ1) is 26.2. The maximum absolute atomic E-state index is 12.4. The highest BCUT2D eigenvalue weighted by atomic mass is 16.5. The van der Waals surface area contributed by atoms with Crippen molar-refractivity contribution < 1.29 is 9.53 Å². The third-order valence-corrected chi connectivity index (χ3v) is 6.55. The second-order valence-corrected chi connectivity index (χ2v) is 9.69. The lowest BCUT2D eigenvalue weighted by atomic mass is 10.0. The molecule has 0 radical (unpaired) electrons. The van der Waals surface area contributed by atoms with Gasteiger partial charge in [0.15, 0.2) is 0 Å². The summed E-state index contributed by atoms with van der Waals surface area (Å²) in [6.45, 7) is 10.8. The van der Waals surface area contributed by atoms with Gasteiger partial charge in [0.2, 0.25) is 0 Å². The lowest BCUT2D eigenvalue weighted by Gasteiger charge is -2.27. The Morgan fingerprint density at radius 2 is 1.95 bits per heavy atom. The molecule has 3 N–H and O–H groups in total. The molecule has 0 unspecified atom stereocenters. The van der Waals surface area contributed by atoms with Gasteiger partial charge in [0, 0.05) is 54.6 Å². The smallest absolute Gasteiger partial charge is 0.339 e. The molecule has 1 saturated heterocycles. The average molecular weight is 521 g/mol. The first-order valence-electron chi connectivity index (χ1n) is 13.0. The van der Waals surface area contributed by atoms with Crippen LogP contribution in [-0.4, -0.2) is 58.2 Å². The molecule has 1 aliphatic heterocycles. The molecule has 0 atom stereocenters. The number of aromatic amines is 1. The standard InChI is InChI=1S/C31H32N6O2/c1-20(2)5-4-6-21(3)29-30(37-19-36-29)22-7-9-27-24(13-22)14-25(16-35-27)28-10-8-23(15-34-28)31(38)39-12-11-33-26-17-32-18-26/h4-10,13-16,19,26,32-33H,1,11-12,17-18H2,2-3H3,(H,36,37)/b5-4-,21-6+. The number of imidazole rings is 1. The summed E-state index contributed by atoms with van der Waals surface area (Å²) in [5.74, 6) is -0.376. The predicted octanol–water partition coefficient (Wildman–Crippen LogP) is 4.94. The predicted molar refractivity (Wildman–Crippen MR) is 155 cm³/mol. The van der Waals surface area contributed by atoms with Gasteiger partial charge in [0.25, 0.3) is 0 Å². The van der Waals surface area contributed by atoms with Crippen molar-refractivity contribution in [3.05, 3.63) is 96.8 Å². The van der Waals surface area contributed by atoms with Crippen LogP contribution in [0.25, 0.3) is 39.0 Å². The Hall–Kier alpha value is -4.40. The van der Waals surface area contributed by atoms with Crippen LogP contribution >= 0.6 is 0 Å². The number of esters is 1. The molecule has 8 nitrogen and oxygen atoms in total. The number of H-pyrrole nitrogens is 1. The fourth-order valence-corrected chi connectivity index (χ4v) is 4.28. The Balaban J connectivity index is 1.31. The van der Waals surface area contributed by atoms with Gasteiger partial charge in [0.1, 0.15) is 6.61 Å². The Bertz CT molecular complexity index is 1550. The van der Waals surface area contributed by atoms with Crippen molar-refractivity contribution >= 4 is 22.4 Å². The number of carbonyl (C=O) groups is 1. The highest BCUT2D eigenvalue weighted by molar-refractivity contribution is 5.90. The number of hydrogen-bond acceptors (Lipinski definition) is 7. The van der Waals surface area contributed by atoms with E-state index in [1.807, 2.05) is 50.3 Å². The molecule has 1 fully saturated rings. The number of nitrogens with zero attached hydrogens (tertiary/aromatic N) is 3. The van der Waals surface area contributed by atoms with E-state index in [4.69, 9.17) is 4.74 Å². The second kappa shape index (κ2) is 12.0. The van der Waals surface area contributed by atoms with Crippen LogP contribution in [0, 0.1) is 0 Å². The van der Waals surface area contributed by atoms with E-state index in [0.29, 0.717) is 24.8 Å². The van der Waals surface area contributed by atoms with E-state index < -0.39 is 0 Å². The fraction of sp³-hybridized carbons (Fsp3) is 0.226. The molecule has 1 aromatic carbocycles. The Kier molecular flexibility index (Phi) is 8.05. The zero-order valence-corrected chi connectivity index (χ0v) is 22.2. The first-order valence-corrected chi connectivity index (χ1v) is 13.0. The number of aromatic nitrogens is 4. The molecule has 1 aliphatic rings. The average Bonchev–Trinajstić information content (AvgIpc) is 3.41. The van der Waals surface area contributed by atoms with Gasteiger partial charge < -0.3 is 20.4 Å². The molecule has 0 bridgehead atoms. The van der Waals surface area contributed by atoms with Gasteiger partial charge in [-0.25, -0.2) is 9.78 Å². The SMILES string of the molecule is C=C(C)/C=C\C=C(/C)c1nc[nH]c1-c1ccc2ncc(-c3ccc(C(=O)OCCNC4CNC4)cn3)cc2c1. The number of hydrogen-bond donors (Lipinski definition) is 3. The van der Waals surface area contributed by atoms with E-state index in [9.17, 15) is 4.79 Å². The number of ether oxygens (including phenoxy) is 1.